The van der Waals surface area contributed by atoms with E-state index in [0.29, 0.717) is 17.0 Å². The van der Waals surface area contributed by atoms with Crippen molar-refractivity contribution >= 4 is 34.2 Å². The van der Waals surface area contributed by atoms with Gasteiger partial charge in [-0.1, -0.05) is 37.9 Å². The lowest BCUT2D eigenvalue weighted by Crippen LogP contribution is -2.16. The molecule has 2 rings (SSSR count). The molecule has 0 radical (unpaired) electrons. The summed E-state index contributed by atoms with van der Waals surface area (Å²) in [6.45, 7) is 8.64. The van der Waals surface area contributed by atoms with Crippen molar-refractivity contribution < 1.29 is 0 Å². The molecule has 3 unspecified atom stereocenters. The maximum Gasteiger partial charge on any atom is 0.128 e. The van der Waals surface area contributed by atoms with Crippen LogP contribution in [0.2, 0.25) is 5.02 Å². The molecule has 19 heavy (non-hydrogen) atoms. The van der Waals surface area contributed by atoms with E-state index >= 15 is 0 Å². The lowest BCUT2D eigenvalue weighted by Gasteiger charge is -2.23. The number of benzene rings is 1. The summed E-state index contributed by atoms with van der Waals surface area (Å²) in [5.41, 5.74) is 1.92. The highest BCUT2D eigenvalue weighted by molar-refractivity contribution is 6.35. The molecule has 2 nitrogen and oxygen atoms in total. The molecule has 4 heteroatoms. The zero-order valence-corrected chi connectivity index (χ0v) is 13.3. The van der Waals surface area contributed by atoms with Gasteiger partial charge in [-0.2, -0.15) is 0 Å². The first-order chi connectivity index (χ1) is 8.97. The lowest BCUT2D eigenvalue weighted by molar-refractivity contribution is 0.369. The molecule has 0 aliphatic heterocycles. The summed E-state index contributed by atoms with van der Waals surface area (Å²) in [6, 6.07) is 6.26. The van der Waals surface area contributed by atoms with E-state index in [4.69, 9.17) is 23.2 Å². The van der Waals surface area contributed by atoms with Crippen LogP contribution in [0.15, 0.2) is 18.2 Å². The Morgan fingerprint density at radius 3 is 2.53 bits per heavy atom. The van der Waals surface area contributed by atoms with Crippen LogP contribution in [0.1, 0.15) is 51.4 Å². The highest BCUT2D eigenvalue weighted by Crippen LogP contribution is 2.34. The van der Waals surface area contributed by atoms with Crippen molar-refractivity contribution in [2.45, 2.75) is 45.5 Å². The maximum absolute atomic E-state index is 6.30. The number of hydrogen-bond acceptors (Lipinski definition) is 1. The minimum atomic E-state index is -0.130. The number of para-hydroxylation sites is 1. The number of alkyl halides is 1. The predicted molar refractivity (Wildman–Crippen MR) is 83.2 cm³/mol. The van der Waals surface area contributed by atoms with E-state index in [2.05, 4.69) is 36.4 Å². The van der Waals surface area contributed by atoms with Crippen molar-refractivity contribution in [3.63, 3.8) is 0 Å². The fourth-order valence-corrected chi connectivity index (χ4v) is 2.77. The molecule has 0 saturated carbocycles. The zero-order chi connectivity index (χ0) is 14.2. The highest BCUT2D eigenvalue weighted by Gasteiger charge is 2.22. The maximum atomic E-state index is 6.30. The van der Waals surface area contributed by atoms with Gasteiger partial charge in [0.1, 0.15) is 11.3 Å². The first-order valence-electron chi connectivity index (χ1n) is 6.77. The normalized spacial score (nSPS) is 16.5. The Morgan fingerprint density at radius 2 is 1.95 bits per heavy atom. The van der Waals surface area contributed by atoms with E-state index in [1.165, 1.54) is 0 Å². The smallest absolute Gasteiger partial charge is 0.128 e. The second kappa shape index (κ2) is 5.72. The van der Waals surface area contributed by atoms with Gasteiger partial charge in [0.25, 0.3) is 0 Å². The van der Waals surface area contributed by atoms with Crippen molar-refractivity contribution in [2.24, 2.45) is 5.92 Å². The molecule has 1 aromatic carbocycles. The second-order valence-electron chi connectivity index (χ2n) is 5.19. The Balaban J connectivity index is 2.69. The van der Waals surface area contributed by atoms with Crippen LogP contribution in [0.25, 0.3) is 11.0 Å². The molecule has 3 atom stereocenters. The molecular weight excluding hydrogens is 279 g/mol. The van der Waals surface area contributed by atoms with Crippen LogP contribution in [0.3, 0.4) is 0 Å². The molecule has 0 aliphatic rings. The van der Waals surface area contributed by atoms with Crippen LogP contribution < -0.4 is 0 Å². The summed E-state index contributed by atoms with van der Waals surface area (Å²) in [4.78, 5) is 4.65. The Bertz CT molecular complexity index is 575. The van der Waals surface area contributed by atoms with Crippen LogP contribution in [-0.4, -0.2) is 9.55 Å². The van der Waals surface area contributed by atoms with Crippen LogP contribution in [0, 0.1) is 5.92 Å². The molecule has 0 saturated heterocycles. The largest absolute Gasteiger partial charge is 0.324 e. The third-order valence-corrected chi connectivity index (χ3v) is 4.43. The van der Waals surface area contributed by atoms with E-state index < -0.39 is 0 Å². The molecular formula is C15H20Cl2N2. The Hall–Kier alpha value is -0.730. The summed E-state index contributed by atoms with van der Waals surface area (Å²) in [5.74, 6) is 1.46. The van der Waals surface area contributed by atoms with E-state index in [9.17, 15) is 0 Å². The van der Waals surface area contributed by atoms with Gasteiger partial charge in [-0.05, 0) is 31.9 Å². The summed E-state index contributed by atoms with van der Waals surface area (Å²) in [7, 11) is 0. The molecule has 0 fully saturated rings. The van der Waals surface area contributed by atoms with Gasteiger partial charge >= 0.3 is 0 Å². The Labute approximate surface area is 124 Å². The lowest BCUT2D eigenvalue weighted by atomic mass is 10.0. The molecule has 0 spiro atoms. The SMILES string of the molecule is CCC(C)C(C)n1c(C(C)Cl)nc2c(Cl)cccc21. The topological polar surface area (TPSA) is 17.8 Å². The fourth-order valence-electron chi connectivity index (χ4n) is 2.41. The fraction of sp³-hybridized carbons (Fsp3) is 0.533. The second-order valence-corrected chi connectivity index (χ2v) is 6.25. The molecule has 0 amide bonds. The standard InChI is InChI=1S/C15H20Cl2N2/c1-5-9(2)11(4)19-13-8-6-7-12(17)14(13)18-15(19)10(3)16/h6-11H,5H2,1-4H3. The molecule has 1 aromatic heterocycles. The van der Waals surface area contributed by atoms with Crippen molar-refractivity contribution in [2.75, 3.05) is 0 Å². The van der Waals surface area contributed by atoms with Gasteiger partial charge in [-0.3, -0.25) is 0 Å². The number of nitrogens with zero attached hydrogens (tertiary/aromatic N) is 2. The summed E-state index contributed by atoms with van der Waals surface area (Å²) in [5, 5.41) is 0.557. The Morgan fingerprint density at radius 1 is 1.26 bits per heavy atom. The van der Waals surface area contributed by atoms with E-state index in [-0.39, 0.29) is 5.38 Å². The van der Waals surface area contributed by atoms with Crippen molar-refractivity contribution in [1.29, 1.82) is 0 Å². The third kappa shape index (κ3) is 2.61. The number of rotatable bonds is 4. The molecule has 0 N–H and O–H groups in total. The molecule has 2 aromatic rings. The summed E-state index contributed by atoms with van der Waals surface area (Å²) < 4.78 is 2.24. The molecule has 0 bridgehead atoms. The molecule has 104 valence electrons. The van der Waals surface area contributed by atoms with Gasteiger partial charge in [-0.25, -0.2) is 4.98 Å². The van der Waals surface area contributed by atoms with Crippen molar-refractivity contribution in [3.8, 4) is 0 Å². The van der Waals surface area contributed by atoms with Gasteiger partial charge < -0.3 is 4.57 Å². The molecule has 0 aliphatic carbocycles. The minimum absolute atomic E-state index is 0.130. The zero-order valence-electron chi connectivity index (χ0n) is 11.8. The summed E-state index contributed by atoms with van der Waals surface area (Å²) in [6.07, 6.45) is 1.12. The van der Waals surface area contributed by atoms with Gasteiger partial charge in [0, 0.05) is 6.04 Å². The van der Waals surface area contributed by atoms with E-state index in [1.54, 1.807) is 0 Å². The van der Waals surface area contributed by atoms with Crippen LogP contribution in [0.5, 0.6) is 0 Å². The Kier molecular flexibility index (Phi) is 4.42. The van der Waals surface area contributed by atoms with Gasteiger partial charge in [-0.15, -0.1) is 11.6 Å². The number of halogens is 2. The first-order valence-corrected chi connectivity index (χ1v) is 7.59. The van der Waals surface area contributed by atoms with Gasteiger partial charge in [0.2, 0.25) is 0 Å². The summed E-state index contributed by atoms with van der Waals surface area (Å²) >= 11 is 12.5. The van der Waals surface area contributed by atoms with Crippen molar-refractivity contribution in [3.05, 3.63) is 29.0 Å². The quantitative estimate of drug-likeness (QED) is 0.672. The van der Waals surface area contributed by atoms with E-state index in [0.717, 1.165) is 23.3 Å². The van der Waals surface area contributed by atoms with Crippen LogP contribution in [0.4, 0.5) is 0 Å². The van der Waals surface area contributed by atoms with Gasteiger partial charge in [0.15, 0.2) is 0 Å². The van der Waals surface area contributed by atoms with Gasteiger partial charge in [0.05, 0.1) is 15.9 Å². The molecule has 1 heterocycles. The monoisotopic (exact) mass is 298 g/mol. The number of aromatic nitrogens is 2. The average Bonchev–Trinajstić information content (AvgIpc) is 2.78. The highest BCUT2D eigenvalue weighted by atomic mass is 35.5. The number of hydrogen-bond donors (Lipinski definition) is 0. The van der Waals surface area contributed by atoms with Crippen LogP contribution >= 0.6 is 23.2 Å². The first kappa shape index (κ1) is 14.7. The number of fused-ring (bicyclic) bond motifs is 1. The minimum Gasteiger partial charge on any atom is -0.324 e. The van der Waals surface area contributed by atoms with E-state index in [1.807, 2.05) is 19.1 Å². The number of imidazole rings is 1. The van der Waals surface area contributed by atoms with Crippen molar-refractivity contribution in [1.82, 2.24) is 9.55 Å². The predicted octanol–water partition coefficient (Wildman–Crippen LogP) is 5.60. The van der Waals surface area contributed by atoms with Crippen LogP contribution in [-0.2, 0) is 0 Å². The third-order valence-electron chi connectivity index (χ3n) is 3.93. The average molecular weight is 299 g/mol.